The van der Waals surface area contributed by atoms with Gasteiger partial charge in [-0.2, -0.15) is 6.08 Å². The maximum atomic E-state index is 12.7. The Morgan fingerprint density at radius 1 is 0.534 bits per heavy atom. The number of hydrogen-bond acceptors (Lipinski definition) is 0. The first kappa shape index (κ1) is 51.3. The molecule has 0 spiro atoms. The van der Waals surface area contributed by atoms with Crippen molar-refractivity contribution in [1.82, 2.24) is 0 Å². The molecule has 5 aromatic rings. The molecule has 0 fully saturated rings. The van der Waals surface area contributed by atoms with Gasteiger partial charge >= 0.3 is 137 Å². The Hall–Kier alpha value is -2.86. The Bertz CT molecular complexity index is 2100. The van der Waals surface area contributed by atoms with E-state index in [0.717, 1.165) is 54.9 Å². The van der Waals surface area contributed by atoms with E-state index in [1.54, 1.807) is 0 Å². The van der Waals surface area contributed by atoms with Crippen LogP contribution in [0.15, 0.2) is 97.1 Å². The van der Waals surface area contributed by atoms with Crippen LogP contribution in [0.1, 0.15) is 134 Å². The van der Waals surface area contributed by atoms with Crippen LogP contribution in [0.3, 0.4) is 0 Å². The molecule has 0 saturated carbocycles. The van der Waals surface area contributed by atoms with Crippen LogP contribution in [0.2, 0.25) is 0 Å². The van der Waals surface area contributed by atoms with Gasteiger partial charge in [-0.25, -0.2) is 12.2 Å². The molecular formula is C49H54Cl2F6Zr-2. The van der Waals surface area contributed by atoms with E-state index in [4.69, 9.17) is 0 Å². The van der Waals surface area contributed by atoms with E-state index >= 15 is 0 Å². The van der Waals surface area contributed by atoms with Gasteiger partial charge in [0.1, 0.15) is 0 Å². The Balaban J connectivity index is 0.000000354. The molecule has 0 radical (unpaired) electrons. The van der Waals surface area contributed by atoms with E-state index in [0.29, 0.717) is 3.21 Å². The largest absolute Gasteiger partial charge is 1.00 e. The van der Waals surface area contributed by atoms with Crippen molar-refractivity contribution in [3.8, 4) is 0 Å². The summed E-state index contributed by atoms with van der Waals surface area (Å²) in [4.78, 5) is 0. The number of benzene rings is 4. The zero-order chi connectivity index (χ0) is 42.2. The minimum atomic E-state index is -4.49. The summed E-state index contributed by atoms with van der Waals surface area (Å²) in [5.41, 5.74) is 5.30. The van der Waals surface area contributed by atoms with Gasteiger partial charge < -0.3 is 24.8 Å². The fraction of sp³-hybridized carbons (Fsp3) is 0.388. The second-order valence-corrected chi connectivity index (χ2v) is 19.9. The van der Waals surface area contributed by atoms with Crippen LogP contribution in [-0.4, -0.2) is 3.21 Å². The summed E-state index contributed by atoms with van der Waals surface area (Å²) in [6.07, 6.45) is 1.03. The Labute approximate surface area is 369 Å². The van der Waals surface area contributed by atoms with Gasteiger partial charge in [0.05, 0.1) is 0 Å². The quantitative estimate of drug-likeness (QED) is 0.123. The van der Waals surface area contributed by atoms with Gasteiger partial charge in [0.15, 0.2) is 0 Å². The first-order chi connectivity index (χ1) is 25.5. The molecule has 1 aliphatic rings. The van der Waals surface area contributed by atoms with Gasteiger partial charge in [0.25, 0.3) is 0 Å². The Morgan fingerprint density at radius 3 is 1.14 bits per heavy atom. The van der Waals surface area contributed by atoms with Gasteiger partial charge in [0, 0.05) is 0 Å². The van der Waals surface area contributed by atoms with Crippen molar-refractivity contribution in [2.45, 2.75) is 124 Å². The maximum Gasteiger partial charge on any atom is -0.109 e. The normalized spacial score (nSPS) is 13.3. The molecule has 0 unspecified atom stereocenters. The molecule has 9 heteroatoms. The van der Waals surface area contributed by atoms with Crippen LogP contribution < -0.4 is 24.8 Å². The molecule has 0 amide bonds. The summed E-state index contributed by atoms with van der Waals surface area (Å²) in [6.45, 7) is 28.0. The second kappa shape index (κ2) is 18.8. The summed E-state index contributed by atoms with van der Waals surface area (Å²) >= 11 is 0.729. The third-order valence-corrected chi connectivity index (χ3v) is 11.2. The number of alkyl halides is 6. The molecule has 5 aromatic carbocycles. The molecule has 1 aliphatic carbocycles. The average Bonchev–Trinajstić information content (AvgIpc) is 3.77. The summed E-state index contributed by atoms with van der Waals surface area (Å²) in [6, 6.07) is 21.5. The molecule has 0 aromatic heterocycles. The minimum absolute atomic E-state index is 0. The predicted octanol–water partition coefficient (Wildman–Crippen LogP) is 9.06. The molecule has 312 valence electrons. The first-order valence-corrected chi connectivity index (χ1v) is 20.1. The second-order valence-electron chi connectivity index (χ2n) is 18.6. The SMILES string of the molecule is CC(C)(C)c1cc2[cH-]c3cc(C(C)(C)C)c(C(C)(C)C)cc3c2cc1C(C)(C)C.FC(F)(F)c1cccc([C](=[Zr+2])c2cccc(C(F)(F)F)c2)c1.[C-]1=CC=CC1.[Cl-].[Cl-]. The van der Waals surface area contributed by atoms with Gasteiger partial charge in [-0.1, -0.05) is 117 Å². The summed E-state index contributed by atoms with van der Waals surface area (Å²) in [5, 5.41) is 5.57. The molecular weight excluding hydrogens is 865 g/mol. The fourth-order valence-corrected chi connectivity index (χ4v) is 7.56. The van der Waals surface area contributed by atoms with Crippen molar-refractivity contribution in [3.05, 3.63) is 148 Å². The van der Waals surface area contributed by atoms with Gasteiger partial charge in [0.2, 0.25) is 0 Å². The maximum absolute atomic E-state index is 12.7. The molecule has 0 nitrogen and oxygen atoms in total. The standard InChI is InChI=1S/C29H41.C15H8F6.C5H5.2ClH.Zr/c1-26(2,3)22-14-18-13-19-15-23(27(4,5)6)25(29(10,11)12)17-21(19)20(18)16-24(22)28(7,8)9;16-14(17,18)12-5-1-3-10(8-12)7-11-4-2-6-13(9-11)15(19,20)21;1-2-4-5-3-1;;;/h13-17H,1-12H3;1-6,8-9H;1-3H,4H2;2*1H;/q-1;;-1;;;+2/p-2. The molecule has 58 heavy (non-hydrogen) atoms. The first-order valence-electron chi connectivity index (χ1n) is 18.9. The third-order valence-electron chi connectivity index (χ3n) is 9.76. The number of rotatable bonds is 2. The number of hydrogen-bond donors (Lipinski definition) is 0. The van der Waals surface area contributed by atoms with Crippen molar-refractivity contribution < 1.29 is 75.4 Å². The molecule has 0 bridgehead atoms. The topological polar surface area (TPSA) is 0 Å². The van der Waals surface area contributed by atoms with Crippen LogP contribution in [0.5, 0.6) is 0 Å². The molecule has 0 aliphatic heterocycles. The van der Waals surface area contributed by atoms with E-state index in [1.165, 1.54) is 68.1 Å². The van der Waals surface area contributed by atoms with Crippen molar-refractivity contribution >= 4 is 24.8 Å². The Kier molecular flexibility index (Phi) is 16.6. The van der Waals surface area contributed by atoms with Crippen LogP contribution in [0.4, 0.5) is 26.3 Å². The molecule has 0 N–H and O–H groups in total. The average molecular weight is 919 g/mol. The van der Waals surface area contributed by atoms with Crippen LogP contribution in [-0.2, 0) is 58.2 Å². The van der Waals surface area contributed by atoms with Crippen LogP contribution >= 0.6 is 0 Å². The van der Waals surface area contributed by atoms with Gasteiger partial charge in [-0.3, -0.25) is 6.08 Å². The van der Waals surface area contributed by atoms with E-state index in [1.807, 2.05) is 12.2 Å². The molecule has 6 rings (SSSR count). The molecule has 0 saturated heterocycles. The third kappa shape index (κ3) is 12.8. The van der Waals surface area contributed by atoms with Crippen molar-refractivity contribution in [2.75, 3.05) is 0 Å². The summed E-state index contributed by atoms with van der Waals surface area (Å²) in [7, 11) is 0. The smallest absolute Gasteiger partial charge is 0.109 e. The van der Waals surface area contributed by atoms with Crippen molar-refractivity contribution in [1.29, 1.82) is 0 Å². The van der Waals surface area contributed by atoms with E-state index in [9.17, 15) is 26.3 Å². The van der Waals surface area contributed by atoms with Crippen molar-refractivity contribution in [3.63, 3.8) is 0 Å². The zero-order valence-corrected chi connectivity index (χ0v) is 39.4. The zero-order valence-electron chi connectivity index (χ0n) is 35.5. The van der Waals surface area contributed by atoms with E-state index < -0.39 is 23.5 Å². The Morgan fingerprint density at radius 2 is 0.879 bits per heavy atom. The summed E-state index contributed by atoms with van der Waals surface area (Å²) in [5.74, 6) is 0. The van der Waals surface area contributed by atoms with Crippen LogP contribution in [0.25, 0.3) is 21.5 Å². The van der Waals surface area contributed by atoms with Crippen molar-refractivity contribution in [2.24, 2.45) is 0 Å². The van der Waals surface area contributed by atoms with Gasteiger partial charge in [-0.15, -0.1) is 46.2 Å². The molecule has 0 atom stereocenters. The van der Waals surface area contributed by atoms with Crippen LogP contribution in [0, 0.1) is 6.08 Å². The minimum Gasteiger partial charge on any atom is -1.00 e. The number of halogens is 8. The summed E-state index contributed by atoms with van der Waals surface area (Å²) < 4.78 is 76.7. The fourth-order valence-electron chi connectivity index (χ4n) is 6.80. The van der Waals surface area contributed by atoms with E-state index in [-0.39, 0.29) is 57.6 Å². The molecule has 0 heterocycles. The number of fused-ring (bicyclic) bond motifs is 3. The van der Waals surface area contributed by atoms with E-state index in [2.05, 4.69) is 126 Å². The van der Waals surface area contributed by atoms with Gasteiger partial charge in [-0.05, 0) is 21.7 Å². The number of allylic oxidation sites excluding steroid dienone is 4. The monoisotopic (exact) mass is 916 g/mol. The predicted molar refractivity (Wildman–Crippen MR) is 220 cm³/mol.